The molecule has 0 spiro atoms. The van der Waals surface area contributed by atoms with Crippen molar-refractivity contribution in [3.63, 3.8) is 0 Å². The van der Waals surface area contributed by atoms with Crippen LogP contribution in [0, 0.1) is 6.92 Å². The Hall–Kier alpha value is -4.30. The van der Waals surface area contributed by atoms with Crippen LogP contribution in [0.4, 0.5) is 5.69 Å². The van der Waals surface area contributed by atoms with E-state index in [1.54, 1.807) is 55.1 Å². The number of amides is 2. The highest BCUT2D eigenvalue weighted by atomic mass is 32.1. The summed E-state index contributed by atoms with van der Waals surface area (Å²) < 4.78 is 5.18. The summed E-state index contributed by atoms with van der Waals surface area (Å²) in [6, 6.07) is 19.0. The lowest BCUT2D eigenvalue weighted by Crippen LogP contribution is -2.30. The van der Waals surface area contributed by atoms with Gasteiger partial charge in [-0.1, -0.05) is 12.1 Å². The fourth-order valence-electron chi connectivity index (χ4n) is 3.93. The van der Waals surface area contributed by atoms with E-state index in [9.17, 15) is 19.8 Å². The van der Waals surface area contributed by atoms with E-state index in [2.05, 4.69) is 0 Å². The number of phenolic OH excluding ortho intramolecular Hbond substituents is 2. The van der Waals surface area contributed by atoms with Gasteiger partial charge in [0.15, 0.2) is 0 Å². The smallest absolute Gasteiger partial charge is 0.262 e. The molecule has 1 heterocycles. The van der Waals surface area contributed by atoms with Gasteiger partial charge in [0.25, 0.3) is 11.8 Å². The zero-order valence-corrected chi connectivity index (χ0v) is 21.7. The molecular weight excluding hydrogens is 488 g/mol. The normalized spacial score (nSPS) is 10.7. The molecule has 0 atom stereocenters. The first-order chi connectivity index (χ1) is 17.8. The zero-order valence-electron chi connectivity index (χ0n) is 20.8. The molecule has 4 aromatic rings. The lowest BCUT2D eigenvalue weighted by atomic mass is 10.1. The van der Waals surface area contributed by atoms with Gasteiger partial charge in [0.05, 0.1) is 19.2 Å². The minimum atomic E-state index is -0.414. The maximum Gasteiger partial charge on any atom is 0.262 e. The van der Waals surface area contributed by atoms with Crippen molar-refractivity contribution >= 4 is 28.8 Å². The average Bonchev–Trinajstić information content (AvgIpc) is 3.42. The van der Waals surface area contributed by atoms with Crippen LogP contribution in [0.3, 0.4) is 0 Å². The number of benzene rings is 3. The maximum absolute atomic E-state index is 13.5. The lowest BCUT2D eigenvalue weighted by molar-refractivity contribution is 0.0785. The Kier molecular flexibility index (Phi) is 7.79. The van der Waals surface area contributed by atoms with Crippen LogP contribution in [0.15, 0.2) is 77.5 Å². The number of methoxy groups -OCH3 is 1. The maximum atomic E-state index is 13.5. The standard InChI is InChI=1S/C29H28N2O5S/c1-19-14-25(27(33)15-26(19)32)29(35)31(17-21-12-13-37-18-21)23-8-6-22(7-9-23)28(34)30(2)16-20-4-10-24(36-3)11-5-20/h4-15,18,32-33H,16-17H2,1-3H3. The summed E-state index contributed by atoms with van der Waals surface area (Å²) in [4.78, 5) is 29.8. The fraction of sp³-hybridized carbons (Fsp3) is 0.172. The number of rotatable bonds is 8. The summed E-state index contributed by atoms with van der Waals surface area (Å²) >= 11 is 1.53. The van der Waals surface area contributed by atoms with Gasteiger partial charge in [0.2, 0.25) is 0 Å². The van der Waals surface area contributed by atoms with Crippen LogP contribution in [0.25, 0.3) is 0 Å². The second-order valence-electron chi connectivity index (χ2n) is 8.73. The van der Waals surface area contributed by atoms with Crippen LogP contribution < -0.4 is 9.64 Å². The van der Waals surface area contributed by atoms with Crippen molar-refractivity contribution in [3.8, 4) is 17.2 Å². The van der Waals surface area contributed by atoms with Gasteiger partial charge in [-0.05, 0) is 82.9 Å². The van der Waals surface area contributed by atoms with Crippen LogP contribution >= 0.6 is 11.3 Å². The molecule has 0 aliphatic heterocycles. The highest BCUT2D eigenvalue weighted by Gasteiger charge is 2.23. The summed E-state index contributed by atoms with van der Waals surface area (Å²) in [6.45, 7) is 2.39. The van der Waals surface area contributed by atoms with Gasteiger partial charge in [-0.2, -0.15) is 11.3 Å². The second-order valence-corrected chi connectivity index (χ2v) is 9.51. The molecule has 0 aliphatic rings. The van der Waals surface area contributed by atoms with Gasteiger partial charge in [-0.25, -0.2) is 0 Å². The summed E-state index contributed by atoms with van der Waals surface area (Å²) in [5, 5.41) is 24.1. The van der Waals surface area contributed by atoms with E-state index in [1.165, 1.54) is 23.5 Å². The Morgan fingerprint density at radius 3 is 2.19 bits per heavy atom. The first kappa shape index (κ1) is 25.8. The van der Waals surface area contributed by atoms with E-state index in [4.69, 9.17) is 4.74 Å². The fourth-order valence-corrected chi connectivity index (χ4v) is 4.59. The van der Waals surface area contributed by atoms with Gasteiger partial charge >= 0.3 is 0 Å². The molecule has 37 heavy (non-hydrogen) atoms. The third-order valence-corrected chi connectivity index (χ3v) is 6.79. The van der Waals surface area contributed by atoms with Crippen LogP contribution in [-0.2, 0) is 13.1 Å². The third-order valence-electron chi connectivity index (χ3n) is 6.06. The number of nitrogens with zero attached hydrogens (tertiary/aromatic N) is 2. The molecule has 2 amide bonds. The van der Waals surface area contributed by atoms with Gasteiger partial charge in [-0.15, -0.1) is 0 Å². The number of hydrogen-bond acceptors (Lipinski definition) is 6. The van der Waals surface area contributed by atoms with Crippen molar-refractivity contribution in [2.24, 2.45) is 0 Å². The number of carbonyl (C=O) groups excluding carboxylic acids is 2. The van der Waals surface area contributed by atoms with Gasteiger partial charge in [0, 0.05) is 30.9 Å². The van der Waals surface area contributed by atoms with Crippen LogP contribution in [0.1, 0.15) is 37.4 Å². The van der Waals surface area contributed by atoms with Crippen molar-refractivity contribution in [2.75, 3.05) is 19.1 Å². The highest BCUT2D eigenvalue weighted by molar-refractivity contribution is 7.07. The summed E-state index contributed by atoms with van der Waals surface area (Å²) in [7, 11) is 3.35. The van der Waals surface area contributed by atoms with Crippen molar-refractivity contribution in [1.29, 1.82) is 0 Å². The number of carbonyl (C=O) groups is 2. The summed E-state index contributed by atoms with van der Waals surface area (Å²) in [5.41, 5.74) is 3.56. The number of hydrogen-bond donors (Lipinski definition) is 2. The van der Waals surface area contributed by atoms with Crippen molar-refractivity contribution < 1.29 is 24.5 Å². The first-order valence-corrected chi connectivity index (χ1v) is 12.5. The van der Waals surface area contributed by atoms with Gasteiger partial charge in [-0.3, -0.25) is 9.59 Å². The molecule has 2 N–H and O–H groups in total. The van der Waals surface area contributed by atoms with Crippen molar-refractivity contribution in [1.82, 2.24) is 4.90 Å². The minimum absolute atomic E-state index is 0.0833. The predicted molar refractivity (Wildman–Crippen MR) is 145 cm³/mol. The minimum Gasteiger partial charge on any atom is -0.508 e. The molecule has 1 aromatic heterocycles. The van der Waals surface area contributed by atoms with E-state index < -0.39 is 5.91 Å². The molecule has 8 heteroatoms. The molecule has 0 saturated heterocycles. The number of anilines is 1. The lowest BCUT2D eigenvalue weighted by Gasteiger charge is -2.24. The zero-order chi connectivity index (χ0) is 26.5. The Balaban J connectivity index is 1.57. The Labute approximate surface area is 219 Å². The number of aromatic hydroxyl groups is 2. The van der Waals surface area contributed by atoms with E-state index in [1.807, 2.05) is 41.1 Å². The number of aryl methyl sites for hydroxylation is 1. The van der Waals surface area contributed by atoms with Gasteiger partial charge in [0.1, 0.15) is 17.2 Å². The van der Waals surface area contributed by atoms with Crippen LogP contribution in [0.5, 0.6) is 17.2 Å². The molecule has 0 bridgehead atoms. The quantitative estimate of drug-likeness (QED) is 0.318. The number of phenols is 2. The molecule has 0 unspecified atom stereocenters. The largest absolute Gasteiger partial charge is 0.508 e. The van der Waals surface area contributed by atoms with Crippen LogP contribution in [0.2, 0.25) is 0 Å². The number of ether oxygens (including phenoxy) is 1. The van der Waals surface area contributed by atoms with Crippen molar-refractivity contribution in [2.45, 2.75) is 20.0 Å². The molecule has 7 nitrogen and oxygen atoms in total. The Morgan fingerprint density at radius 1 is 0.865 bits per heavy atom. The predicted octanol–water partition coefficient (Wildman–Crippen LogP) is 5.60. The van der Waals surface area contributed by atoms with Crippen molar-refractivity contribution in [3.05, 3.63) is 105 Å². The molecule has 0 radical (unpaired) electrons. The molecule has 3 aromatic carbocycles. The molecule has 0 saturated carbocycles. The highest BCUT2D eigenvalue weighted by Crippen LogP contribution is 2.30. The van der Waals surface area contributed by atoms with E-state index in [-0.39, 0.29) is 29.5 Å². The molecular formula is C29H28N2O5S. The topological polar surface area (TPSA) is 90.3 Å². The second kappa shape index (κ2) is 11.2. The Morgan fingerprint density at radius 2 is 1.57 bits per heavy atom. The summed E-state index contributed by atoms with van der Waals surface area (Å²) in [6.07, 6.45) is 0. The molecule has 0 fully saturated rings. The molecule has 190 valence electrons. The molecule has 4 rings (SSSR count). The average molecular weight is 517 g/mol. The van der Waals surface area contributed by atoms with Gasteiger partial charge < -0.3 is 24.7 Å². The SMILES string of the molecule is COc1ccc(CN(C)C(=O)c2ccc(N(Cc3ccsc3)C(=O)c3cc(C)c(O)cc3O)cc2)cc1. The summed E-state index contributed by atoms with van der Waals surface area (Å²) in [5.74, 6) is -0.187. The first-order valence-electron chi connectivity index (χ1n) is 11.6. The van der Waals surface area contributed by atoms with E-state index in [0.29, 0.717) is 23.4 Å². The number of thiophene rings is 1. The van der Waals surface area contributed by atoms with E-state index >= 15 is 0 Å². The monoisotopic (exact) mass is 516 g/mol. The Bertz CT molecular complexity index is 1380. The third kappa shape index (κ3) is 5.92. The van der Waals surface area contributed by atoms with E-state index in [0.717, 1.165) is 16.9 Å². The molecule has 0 aliphatic carbocycles. The van der Waals surface area contributed by atoms with Crippen LogP contribution in [-0.4, -0.2) is 41.1 Å².